The Labute approximate surface area is 129 Å². The van der Waals surface area contributed by atoms with E-state index >= 15 is 0 Å². The molecule has 0 amide bonds. The normalized spacial score (nSPS) is 24.4. The molecule has 0 spiro atoms. The highest BCUT2D eigenvalue weighted by molar-refractivity contribution is 9.10. The van der Waals surface area contributed by atoms with E-state index in [2.05, 4.69) is 39.8 Å². The average Bonchev–Trinajstić information content (AvgIpc) is 2.68. The predicted octanol–water partition coefficient (Wildman–Crippen LogP) is 2.00. The number of aliphatic hydroxyl groups is 2. The number of hydrogen-bond donors (Lipinski definition) is 2. The topological polar surface area (TPSA) is 46.9 Å². The molecule has 5 heteroatoms. The fourth-order valence-electron chi connectivity index (χ4n) is 2.80. The molecule has 2 rings (SSSR count). The Morgan fingerprint density at radius 3 is 2.70 bits per heavy atom. The van der Waals surface area contributed by atoms with Gasteiger partial charge in [-0.05, 0) is 61.1 Å². The minimum Gasteiger partial charge on any atom is -0.391 e. The predicted molar refractivity (Wildman–Crippen MR) is 85.1 cm³/mol. The van der Waals surface area contributed by atoms with Crippen LogP contribution in [0.3, 0.4) is 0 Å². The minimum absolute atomic E-state index is 0.275. The van der Waals surface area contributed by atoms with Gasteiger partial charge in [0.1, 0.15) is 0 Å². The lowest BCUT2D eigenvalue weighted by Crippen LogP contribution is -2.37. The molecule has 3 atom stereocenters. The standard InChI is InChI=1S/C15H23BrN2O2/c1-10(19)11-4-5-15(14(16)6-11)18-9-13(20)7-12(18)8-17(2)3/h4-6,10,12-13,19-20H,7-9H2,1-3H3/t10-,12?,13?/m1/s1. The van der Waals surface area contributed by atoms with Crippen LogP contribution in [0.1, 0.15) is 25.0 Å². The third kappa shape index (κ3) is 3.52. The van der Waals surface area contributed by atoms with Gasteiger partial charge < -0.3 is 20.0 Å². The third-order valence-corrected chi connectivity index (χ3v) is 4.37. The molecule has 112 valence electrons. The molecular weight excluding hydrogens is 320 g/mol. The minimum atomic E-state index is -0.470. The van der Waals surface area contributed by atoms with E-state index in [-0.39, 0.29) is 6.10 Å². The van der Waals surface area contributed by atoms with Crippen molar-refractivity contribution in [2.24, 2.45) is 0 Å². The molecule has 1 aromatic carbocycles. The molecule has 1 aliphatic rings. The number of nitrogens with zero attached hydrogens (tertiary/aromatic N) is 2. The van der Waals surface area contributed by atoms with Gasteiger partial charge in [0, 0.05) is 23.6 Å². The highest BCUT2D eigenvalue weighted by Gasteiger charge is 2.32. The molecule has 1 saturated heterocycles. The van der Waals surface area contributed by atoms with Gasteiger partial charge in [-0.15, -0.1) is 0 Å². The molecular formula is C15H23BrN2O2. The number of likely N-dealkylation sites (N-methyl/N-ethyl adjacent to an activating group) is 1. The van der Waals surface area contributed by atoms with Crippen LogP contribution in [0.5, 0.6) is 0 Å². The van der Waals surface area contributed by atoms with Crippen LogP contribution in [-0.4, -0.2) is 54.4 Å². The fourth-order valence-corrected chi connectivity index (χ4v) is 3.42. The summed E-state index contributed by atoms with van der Waals surface area (Å²) in [6, 6.07) is 6.24. The first-order valence-electron chi connectivity index (χ1n) is 6.95. The van der Waals surface area contributed by atoms with E-state index in [0.717, 1.165) is 28.7 Å². The van der Waals surface area contributed by atoms with Gasteiger partial charge in [-0.3, -0.25) is 0 Å². The van der Waals surface area contributed by atoms with Gasteiger partial charge in [0.2, 0.25) is 0 Å². The van der Waals surface area contributed by atoms with Gasteiger partial charge in [0.05, 0.1) is 17.9 Å². The number of rotatable bonds is 4. The van der Waals surface area contributed by atoms with Gasteiger partial charge in [0.15, 0.2) is 0 Å². The molecule has 1 heterocycles. The molecule has 1 aliphatic heterocycles. The molecule has 0 aliphatic carbocycles. The maximum atomic E-state index is 9.96. The zero-order valence-electron chi connectivity index (χ0n) is 12.3. The summed E-state index contributed by atoms with van der Waals surface area (Å²) in [5.41, 5.74) is 1.97. The lowest BCUT2D eigenvalue weighted by Gasteiger charge is -2.29. The Morgan fingerprint density at radius 2 is 2.15 bits per heavy atom. The van der Waals surface area contributed by atoms with Crippen LogP contribution < -0.4 is 4.90 Å². The number of halogens is 1. The highest BCUT2D eigenvalue weighted by atomic mass is 79.9. The second-order valence-corrected chi connectivity index (χ2v) is 6.70. The number of β-amino-alcohol motifs (C(OH)–C–C–N with tert-alkyl or cyclic N) is 1. The summed E-state index contributed by atoms with van der Waals surface area (Å²) < 4.78 is 0.966. The lowest BCUT2D eigenvalue weighted by atomic mass is 10.1. The monoisotopic (exact) mass is 342 g/mol. The summed E-state index contributed by atoms with van der Waals surface area (Å²) in [6.45, 7) is 3.34. The van der Waals surface area contributed by atoms with E-state index in [0.29, 0.717) is 12.6 Å². The third-order valence-electron chi connectivity index (χ3n) is 3.73. The molecule has 4 nitrogen and oxygen atoms in total. The Morgan fingerprint density at radius 1 is 1.45 bits per heavy atom. The summed E-state index contributed by atoms with van der Waals surface area (Å²) in [5.74, 6) is 0. The first kappa shape index (κ1) is 15.8. The molecule has 1 aromatic rings. The zero-order chi connectivity index (χ0) is 14.9. The van der Waals surface area contributed by atoms with Crippen molar-refractivity contribution in [1.82, 2.24) is 4.90 Å². The summed E-state index contributed by atoms with van der Waals surface area (Å²) in [5, 5.41) is 19.6. The molecule has 2 unspecified atom stereocenters. The molecule has 2 N–H and O–H groups in total. The van der Waals surface area contributed by atoms with Crippen molar-refractivity contribution in [2.45, 2.75) is 31.6 Å². The Bertz CT molecular complexity index is 465. The average molecular weight is 343 g/mol. The summed E-state index contributed by atoms with van der Waals surface area (Å²) in [6.07, 6.45) is 0.0494. The molecule has 0 bridgehead atoms. The highest BCUT2D eigenvalue weighted by Crippen LogP contribution is 2.34. The molecule has 20 heavy (non-hydrogen) atoms. The number of anilines is 1. The second-order valence-electron chi connectivity index (χ2n) is 5.84. The zero-order valence-corrected chi connectivity index (χ0v) is 13.8. The van der Waals surface area contributed by atoms with E-state index in [1.54, 1.807) is 6.92 Å². The van der Waals surface area contributed by atoms with Crippen LogP contribution in [0.2, 0.25) is 0 Å². The van der Waals surface area contributed by atoms with Crippen molar-refractivity contribution in [1.29, 1.82) is 0 Å². The molecule has 0 radical (unpaired) electrons. The van der Waals surface area contributed by atoms with E-state index in [4.69, 9.17) is 0 Å². The smallest absolute Gasteiger partial charge is 0.0762 e. The quantitative estimate of drug-likeness (QED) is 0.878. The SMILES string of the molecule is C[C@@H](O)c1ccc(N2CC(O)CC2CN(C)C)c(Br)c1. The van der Waals surface area contributed by atoms with Gasteiger partial charge >= 0.3 is 0 Å². The summed E-state index contributed by atoms with van der Waals surface area (Å²) >= 11 is 3.59. The van der Waals surface area contributed by atoms with Crippen molar-refractivity contribution in [3.8, 4) is 0 Å². The van der Waals surface area contributed by atoms with E-state index in [1.165, 1.54) is 0 Å². The van der Waals surface area contributed by atoms with Crippen LogP contribution in [0.15, 0.2) is 22.7 Å². The molecule has 1 fully saturated rings. The van der Waals surface area contributed by atoms with Crippen LogP contribution in [0.4, 0.5) is 5.69 Å². The van der Waals surface area contributed by atoms with E-state index < -0.39 is 6.10 Å². The van der Waals surface area contributed by atoms with Gasteiger partial charge in [0.25, 0.3) is 0 Å². The van der Waals surface area contributed by atoms with Gasteiger partial charge in [-0.2, -0.15) is 0 Å². The maximum absolute atomic E-state index is 9.96. The van der Waals surface area contributed by atoms with Gasteiger partial charge in [-0.1, -0.05) is 6.07 Å². The van der Waals surface area contributed by atoms with Crippen molar-refractivity contribution in [2.75, 3.05) is 32.1 Å². The lowest BCUT2D eigenvalue weighted by molar-refractivity contribution is 0.191. The van der Waals surface area contributed by atoms with Crippen LogP contribution >= 0.6 is 15.9 Å². The Balaban J connectivity index is 2.25. The Hall–Kier alpha value is -0.620. The summed E-state index contributed by atoms with van der Waals surface area (Å²) in [4.78, 5) is 4.40. The van der Waals surface area contributed by atoms with Crippen LogP contribution in [0.25, 0.3) is 0 Å². The molecule has 0 saturated carbocycles. The van der Waals surface area contributed by atoms with E-state index in [1.807, 2.05) is 18.2 Å². The maximum Gasteiger partial charge on any atom is 0.0762 e. The number of hydrogen-bond acceptors (Lipinski definition) is 4. The largest absolute Gasteiger partial charge is 0.391 e. The van der Waals surface area contributed by atoms with E-state index in [9.17, 15) is 10.2 Å². The second kappa shape index (κ2) is 6.43. The van der Waals surface area contributed by atoms with Crippen molar-refractivity contribution >= 4 is 21.6 Å². The number of aliphatic hydroxyl groups excluding tert-OH is 2. The van der Waals surface area contributed by atoms with Gasteiger partial charge in [-0.25, -0.2) is 0 Å². The Kier molecular flexibility index (Phi) is 5.07. The molecule has 0 aromatic heterocycles. The van der Waals surface area contributed by atoms with Crippen molar-refractivity contribution < 1.29 is 10.2 Å². The van der Waals surface area contributed by atoms with Crippen LogP contribution in [0, 0.1) is 0 Å². The first-order chi connectivity index (χ1) is 9.38. The number of benzene rings is 1. The van der Waals surface area contributed by atoms with Crippen molar-refractivity contribution in [3.05, 3.63) is 28.2 Å². The van der Waals surface area contributed by atoms with Crippen molar-refractivity contribution in [3.63, 3.8) is 0 Å². The van der Waals surface area contributed by atoms with Crippen LogP contribution in [-0.2, 0) is 0 Å². The first-order valence-corrected chi connectivity index (χ1v) is 7.74. The summed E-state index contributed by atoms with van der Waals surface area (Å²) in [7, 11) is 4.10. The fraction of sp³-hybridized carbons (Fsp3) is 0.600.